The lowest BCUT2D eigenvalue weighted by Gasteiger charge is -2.45. The van der Waals surface area contributed by atoms with Crippen molar-refractivity contribution in [2.45, 2.75) is 6.92 Å². The minimum absolute atomic E-state index is 0.135. The van der Waals surface area contributed by atoms with Gasteiger partial charge in [0.05, 0.1) is 22.1 Å². The van der Waals surface area contributed by atoms with E-state index >= 15 is 0 Å². The first-order valence-electron chi connectivity index (χ1n) is 29.1. The van der Waals surface area contributed by atoms with E-state index in [1.165, 1.54) is 87.8 Å². The smallest absolute Gasteiger partial charge is 0.252 e. The van der Waals surface area contributed by atoms with Crippen LogP contribution in [0.3, 0.4) is 0 Å². The second-order valence-corrected chi connectivity index (χ2v) is 22.5. The third-order valence-corrected chi connectivity index (χ3v) is 17.6. The highest BCUT2D eigenvalue weighted by molar-refractivity contribution is 7.00. The summed E-state index contributed by atoms with van der Waals surface area (Å²) in [7, 11) is 0. The highest BCUT2D eigenvalue weighted by Gasteiger charge is 2.44. The summed E-state index contributed by atoms with van der Waals surface area (Å²) in [5.74, 6) is 0. The molecule has 0 fully saturated rings. The molecule has 15 aromatic rings. The van der Waals surface area contributed by atoms with Crippen LogP contribution in [0, 0.1) is 6.92 Å². The van der Waals surface area contributed by atoms with Crippen LogP contribution < -0.4 is 26.2 Å². The van der Waals surface area contributed by atoms with Crippen LogP contribution in [-0.2, 0) is 0 Å². The molecule has 392 valence electrons. The Balaban J connectivity index is 0.985. The van der Waals surface area contributed by atoms with Gasteiger partial charge in [-0.15, -0.1) is 0 Å². The fourth-order valence-electron chi connectivity index (χ4n) is 14.0. The fourth-order valence-corrected chi connectivity index (χ4v) is 14.0. The standard InChI is InChI=1S/C79H53BN4/c1-52-42-77-79-78(43-52)84(64-48-59(55-26-10-4-11-27-55)45-60(49-64)56-28-12-5-13-29-56)76-51-62(82-73-36-20-16-32-67(73)68-33-17-21-37-74(68)82)39-41-70(76)80(79)69-40-38-61(81-71-34-18-14-30-65(71)66-31-15-19-35-72(66)81)50-75(69)83(77)63-46-57(53-22-6-2-7-23-53)44-58(47-63)54-24-8-3-9-25-54/h2-51H,1H3. The molecule has 4 nitrogen and oxygen atoms in total. The summed E-state index contributed by atoms with van der Waals surface area (Å²) in [6.07, 6.45) is 0. The Morgan fingerprint density at radius 1 is 0.238 bits per heavy atom. The van der Waals surface area contributed by atoms with Crippen LogP contribution >= 0.6 is 0 Å². The summed E-state index contributed by atoms with van der Waals surface area (Å²) in [6, 6.07) is 113. The molecule has 0 spiro atoms. The summed E-state index contributed by atoms with van der Waals surface area (Å²) in [6.45, 7) is 2.14. The van der Waals surface area contributed by atoms with E-state index < -0.39 is 0 Å². The molecule has 0 bridgehead atoms. The molecule has 0 aliphatic carbocycles. The van der Waals surface area contributed by atoms with Gasteiger partial charge in [-0.3, -0.25) is 0 Å². The molecule has 0 atom stereocenters. The Hall–Kier alpha value is -10.9. The van der Waals surface area contributed by atoms with E-state index in [9.17, 15) is 0 Å². The zero-order valence-corrected chi connectivity index (χ0v) is 46.2. The van der Waals surface area contributed by atoms with E-state index in [2.05, 4.69) is 329 Å². The molecule has 2 aliphatic rings. The van der Waals surface area contributed by atoms with Gasteiger partial charge in [0.25, 0.3) is 6.71 Å². The van der Waals surface area contributed by atoms with Crippen LogP contribution in [0.25, 0.3) is 99.5 Å². The number of fused-ring (bicyclic) bond motifs is 10. The summed E-state index contributed by atoms with van der Waals surface area (Å²) >= 11 is 0. The monoisotopic (exact) mass is 1070 g/mol. The average Bonchev–Trinajstić information content (AvgIpc) is 1.19. The Bertz CT molecular complexity index is 4560. The topological polar surface area (TPSA) is 16.3 Å². The van der Waals surface area contributed by atoms with Crippen molar-refractivity contribution in [2.24, 2.45) is 0 Å². The molecule has 17 rings (SSSR count). The first kappa shape index (κ1) is 47.9. The predicted molar refractivity (Wildman–Crippen MR) is 356 cm³/mol. The number of hydrogen-bond acceptors (Lipinski definition) is 2. The lowest BCUT2D eigenvalue weighted by atomic mass is 9.33. The largest absolute Gasteiger partial charge is 0.311 e. The molecule has 0 amide bonds. The fraction of sp³-hybridized carbons (Fsp3) is 0.0127. The Morgan fingerprint density at radius 3 is 0.857 bits per heavy atom. The molecule has 0 radical (unpaired) electrons. The van der Waals surface area contributed by atoms with Gasteiger partial charge >= 0.3 is 0 Å². The highest BCUT2D eigenvalue weighted by atomic mass is 15.2. The van der Waals surface area contributed by atoms with Gasteiger partial charge in [-0.2, -0.15) is 0 Å². The van der Waals surface area contributed by atoms with Crippen LogP contribution in [0.1, 0.15) is 5.56 Å². The van der Waals surface area contributed by atoms with Gasteiger partial charge in [-0.1, -0.05) is 206 Å². The van der Waals surface area contributed by atoms with Crippen LogP contribution in [0.15, 0.2) is 303 Å². The highest BCUT2D eigenvalue weighted by Crippen LogP contribution is 2.49. The number of rotatable bonds is 8. The van der Waals surface area contributed by atoms with Crippen molar-refractivity contribution < 1.29 is 0 Å². The number of aromatic nitrogens is 2. The predicted octanol–water partition coefficient (Wildman–Crippen LogP) is 18.9. The normalized spacial score (nSPS) is 12.5. The number of nitrogens with zero attached hydrogens (tertiary/aromatic N) is 4. The molecule has 13 aromatic carbocycles. The number of para-hydroxylation sites is 4. The SMILES string of the molecule is Cc1cc2c3c(c1)N(c1cc(-c4ccccc4)cc(-c4ccccc4)c1)c1cc(-n4c5ccccc5c5ccccc54)ccc1B3c1ccc(-n3c4ccccc4c4ccccc43)cc1N2c1cc(-c2ccccc2)cc(-c2ccccc2)c1. The van der Waals surface area contributed by atoms with E-state index in [1.807, 2.05) is 0 Å². The van der Waals surface area contributed by atoms with Crippen LogP contribution in [0.5, 0.6) is 0 Å². The second kappa shape index (κ2) is 19.1. The Labute approximate surface area is 488 Å². The molecule has 0 saturated carbocycles. The first-order valence-corrected chi connectivity index (χ1v) is 29.1. The van der Waals surface area contributed by atoms with Gasteiger partial charge in [0, 0.05) is 67.0 Å². The van der Waals surface area contributed by atoms with E-state index in [1.54, 1.807) is 0 Å². The van der Waals surface area contributed by atoms with Gasteiger partial charge in [0.15, 0.2) is 0 Å². The van der Waals surface area contributed by atoms with E-state index in [0.29, 0.717) is 0 Å². The van der Waals surface area contributed by atoms with Crippen LogP contribution in [0.4, 0.5) is 34.1 Å². The summed E-state index contributed by atoms with van der Waals surface area (Å²) in [5, 5.41) is 4.96. The third-order valence-electron chi connectivity index (χ3n) is 17.6. The number of hydrogen-bond donors (Lipinski definition) is 0. The minimum Gasteiger partial charge on any atom is -0.311 e. The Morgan fingerprint density at radius 2 is 0.536 bits per heavy atom. The molecule has 0 unspecified atom stereocenters. The molecule has 4 heterocycles. The van der Waals surface area contributed by atoms with Gasteiger partial charge in [0.1, 0.15) is 0 Å². The maximum atomic E-state index is 2.60. The van der Waals surface area contributed by atoms with Gasteiger partial charge in [-0.05, 0) is 170 Å². The van der Waals surface area contributed by atoms with Crippen molar-refractivity contribution >= 4 is 101 Å². The van der Waals surface area contributed by atoms with E-state index in [4.69, 9.17) is 0 Å². The van der Waals surface area contributed by atoms with E-state index in [-0.39, 0.29) is 6.71 Å². The third kappa shape index (κ3) is 7.56. The van der Waals surface area contributed by atoms with Crippen LogP contribution in [0.2, 0.25) is 0 Å². The van der Waals surface area contributed by atoms with Crippen molar-refractivity contribution in [1.29, 1.82) is 0 Å². The lowest BCUT2D eigenvalue weighted by molar-refractivity contribution is 1.16. The number of benzene rings is 13. The van der Waals surface area contributed by atoms with Gasteiger partial charge < -0.3 is 18.9 Å². The minimum atomic E-state index is -0.135. The summed E-state index contributed by atoms with van der Waals surface area (Å²) in [4.78, 5) is 5.19. The van der Waals surface area contributed by atoms with Gasteiger partial charge in [0.2, 0.25) is 0 Å². The second-order valence-electron chi connectivity index (χ2n) is 22.5. The molecule has 2 aromatic heterocycles. The molecule has 0 saturated heterocycles. The molecule has 0 N–H and O–H groups in total. The van der Waals surface area contributed by atoms with Crippen molar-refractivity contribution in [2.75, 3.05) is 9.80 Å². The molecular weight excluding hydrogens is 1020 g/mol. The lowest BCUT2D eigenvalue weighted by Crippen LogP contribution is -2.61. The van der Waals surface area contributed by atoms with Crippen molar-refractivity contribution in [3.8, 4) is 55.9 Å². The number of anilines is 6. The zero-order chi connectivity index (χ0) is 55.4. The quantitative estimate of drug-likeness (QED) is 0.141. The van der Waals surface area contributed by atoms with Crippen molar-refractivity contribution in [3.05, 3.63) is 309 Å². The summed E-state index contributed by atoms with van der Waals surface area (Å²) < 4.78 is 4.93. The Kier molecular flexibility index (Phi) is 10.9. The van der Waals surface area contributed by atoms with Crippen LogP contribution in [-0.4, -0.2) is 15.8 Å². The van der Waals surface area contributed by atoms with Gasteiger partial charge in [-0.25, -0.2) is 0 Å². The van der Waals surface area contributed by atoms with Crippen molar-refractivity contribution in [3.63, 3.8) is 0 Å². The maximum absolute atomic E-state index is 2.60. The number of aryl methyl sites for hydroxylation is 1. The molecule has 84 heavy (non-hydrogen) atoms. The first-order chi connectivity index (χ1) is 41.6. The maximum Gasteiger partial charge on any atom is 0.252 e. The molecule has 2 aliphatic heterocycles. The summed E-state index contributed by atoms with van der Waals surface area (Å²) in [5.41, 5.74) is 28.0. The zero-order valence-electron chi connectivity index (χ0n) is 46.2. The molecule has 5 heteroatoms. The van der Waals surface area contributed by atoms with E-state index in [0.717, 1.165) is 67.8 Å². The van der Waals surface area contributed by atoms with Crippen molar-refractivity contribution in [1.82, 2.24) is 9.13 Å². The molecular formula is C79H53BN4. The average molecular weight is 1070 g/mol.